The fourth-order valence-electron chi connectivity index (χ4n) is 4.89. The predicted molar refractivity (Wildman–Crippen MR) is 115 cm³/mol. The van der Waals surface area contributed by atoms with Gasteiger partial charge in [-0.1, -0.05) is 37.8 Å². The molecule has 0 aromatic heterocycles. The van der Waals surface area contributed by atoms with Crippen molar-refractivity contribution in [2.75, 3.05) is 13.2 Å². The van der Waals surface area contributed by atoms with Crippen molar-refractivity contribution >= 4 is 23.4 Å². The van der Waals surface area contributed by atoms with Crippen LogP contribution in [0.25, 0.3) is 0 Å². The summed E-state index contributed by atoms with van der Waals surface area (Å²) >= 11 is 6.32. The summed E-state index contributed by atoms with van der Waals surface area (Å²) in [6.45, 7) is 3.11. The minimum absolute atomic E-state index is 0.0593. The van der Waals surface area contributed by atoms with Gasteiger partial charge in [-0.3, -0.25) is 9.59 Å². The molecule has 2 unspecified atom stereocenters. The molecular formula is C23H31ClN2O4. The van der Waals surface area contributed by atoms with Gasteiger partial charge < -0.3 is 19.7 Å². The Labute approximate surface area is 183 Å². The number of hydrogen-bond donors (Lipinski definition) is 1. The zero-order valence-corrected chi connectivity index (χ0v) is 18.3. The molecule has 1 aromatic rings. The van der Waals surface area contributed by atoms with E-state index in [1.165, 1.54) is 6.42 Å². The van der Waals surface area contributed by atoms with E-state index in [9.17, 15) is 9.59 Å². The van der Waals surface area contributed by atoms with Crippen molar-refractivity contribution in [3.63, 3.8) is 0 Å². The zero-order valence-electron chi connectivity index (χ0n) is 17.6. The highest BCUT2D eigenvalue weighted by Crippen LogP contribution is 2.39. The van der Waals surface area contributed by atoms with Crippen LogP contribution < -0.4 is 10.1 Å². The van der Waals surface area contributed by atoms with Crippen molar-refractivity contribution < 1.29 is 19.1 Å². The maximum absolute atomic E-state index is 13.7. The Bertz CT molecular complexity index is 774. The maximum Gasteiger partial charge on any atom is 0.264 e. The molecule has 1 saturated heterocycles. The largest absolute Gasteiger partial charge is 0.480 e. The third kappa shape index (κ3) is 4.45. The minimum Gasteiger partial charge on any atom is -0.480 e. The Morgan fingerprint density at radius 2 is 1.90 bits per heavy atom. The first-order valence-corrected chi connectivity index (χ1v) is 11.6. The first-order valence-electron chi connectivity index (χ1n) is 11.2. The van der Waals surface area contributed by atoms with E-state index in [2.05, 4.69) is 5.32 Å². The molecule has 0 radical (unpaired) electrons. The number of nitrogens with zero attached hydrogens (tertiary/aromatic N) is 1. The highest BCUT2D eigenvalue weighted by atomic mass is 35.5. The SMILES string of the molecule is CCC1Oc2ccc(Cl)cc2C(C(=O)NC2CCCCC2)N(C2CCOCC2)C1=O. The van der Waals surface area contributed by atoms with Crippen molar-refractivity contribution in [1.29, 1.82) is 0 Å². The van der Waals surface area contributed by atoms with Gasteiger partial charge in [0, 0.05) is 35.9 Å². The van der Waals surface area contributed by atoms with Crippen molar-refractivity contribution in [2.45, 2.75) is 82.5 Å². The molecule has 1 aromatic carbocycles. The van der Waals surface area contributed by atoms with Gasteiger partial charge in [-0.15, -0.1) is 0 Å². The molecule has 0 spiro atoms. The van der Waals surface area contributed by atoms with Gasteiger partial charge in [0.2, 0.25) is 5.91 Å². The summed E-state index contributed by atoms with van der Waals surface area (Å²) in [5.74, 6) is 0.309. The summed E-state index contributed by atoms with van der Waals surface area (Å²) in [5.41, 5.74) is 0.673. The van der Waals surface area contributed by atoms with Crippen molar-refractivity contribution in [1.82, 2.24) is 10.2 Å². The second kappa shape index (κ2) is 9.56. The lowest BCUT2D eigenvalue weighted by molar-refractivity contribution is -0.150. The van der Waals surface area contributed by atoms with Crippen LogP contribution in [-0.2, 0) is 14.3 Å². The van der Waals surface area contributed by atoms with Gasteiger partial charge in [0.05, 0.1) is 0 Å². The first-order chi connectivity index (χ1) is 14.6. The van der Waals surface area contributed by atoms with Gasteiger partial charge in [-0.05, 0) is 50.3 Å². The van der Waals surface area contributed by atoms with Crippen LogP contribution in [0, 0.1) is 0 Å². The number of carbonyl (C=O) groups is 2. The third-order valence-electron chi connectivity index (χ3n) is 6.50. The quantitative estimate of drug-likeness (QED) is 0.777. The van der Waals surface area contributed by atoms with Gasteiger partial charge >= 0.3 is 0 Å². The van der Waals surface area contributed by atoms with Gasteiger partial charge in [0.15, 0.2) is 6.10 Å². The van der Waals surface area contributed by atoms with Crippen LogP contribution in [0.5, 0.6) is 5.75 Å². The van der Waals surface area contributed by atoms with E-state index in [1.807, 2.05) is 6.92 Å². The molecule has 30 heavy (non-hydrogen) atoms. The number of nitrogens with one attached hydrogen (secondary N) is 1. The molecule has 7 heteroatoms. The lowest BCUT2D eigenvalue weighted by Gasteiger charge is -2.39. The van der Waals surface area contributed by atoms with Crippen LogP contribution >= 0.6 is 11.6 Å². The van der Waals surface area contributed by atoms with Crippen LogP contribution in [-0.4, -0.2) is 48.1 Å². The molecule has 1 N–H and O–H groups in total. The molecule has 2 atom stereocenters. The van der Waals surface area contributed by atoms with Crippen LogP contribution in [0.3, 0.4) is 0 Å². The second-order valence-electron chi connectivity index (χ2n) is 8.53. The number of fused-ring (bicyclic) bond motifs is 1. The average molecular weight is 435 g/mol. The molecule has 1 saturated carbocycles. The number of rotatable bonds is 4. The van der Waals surface area contributed by atoms with Crippen LogP contribution in [0.1, 0.15) is 69.9 Å². The number of carbonyl (C=O) groups excluding carboxylic acids is 2. The molecule has 4 rings (SSSR count). The van der Waals surface area contributed by atoms with Gasteiger partial charge in [0.1, 0.15) is 11.8 Å². The van der Waals surface area contributed by atoms with Crippen LogP contribution in [0.15, 0.2) is 18.2 Å². The fourth-order valence-corrected chi connectivity index (χ4v) is 5.07. The molecule has 164 valence electrons. The second-order valence-corrected chi connectivity index (χ2v) is 8.97. The Hall–Kier alpha value is -1.79. The fraction of sp³-hybridized carbons (Fsp3) is 0.652. The summed E-state index contributed by atoms with van der Waals surface area (Å²) in [4.78, 5) is 29.0. The van der Waals surface area contributed by atoms with Crippen molar-refractivity contribution in [3.05, 3.63) is 28.8 Å². The van der Waals surface area contributed by atoms with E-state index < -0.39 is 12.1 Å². The van der Waals surface area contributed by atoms with Gasteiger partial charge in [0.25, 0.3) is 5.91 Å². The maximum atomic E-state index is 13.7. The van der Waals surface area contributed by atoms with Crippen molar-refractivity contribution in [3.8, 4) is 5.75 Å². The molecular weight excluding hydrogens is 404 g/mol. The highest BCUT2D eigenvalue weighted by molar-refractivity contribution is 6.30. The lowest BCUT2D eigenvalue weighted by Crippen LogP contribution is -2.53. The Kier molecular flexibility index (Phi) is 6.84. The summed E-state index contributed by atoms with van der Waals surface area (Å²) in [6.07, 6.45) is 6.80. The van der Waals surface area contributed by atoms with E-state index in [1.54, 1.807) is 23.1 Å². The molecule has 2 fully saturated rings. The van der Waals surface area contributed by atoms with E-state index in [4.69, 9.17) is 21.1 Å². The number of benzene rings is 1. The minimum atomic E-state index is -0.743. The van der Waals surface area contributed by atoms with Gasteiger partial charge in [-0.2, -0.15) is 0 Å². The zero-order chi connectivity index (χ0) is 21.1. The lowest BCUT2D eigenvalue weighted by atomic mass is 9.93. The Morgan fingerprint density at radius 1 is 1.17 bits per heavy atom. The average Bonchev–Trinajstić information content (AvgIpc) is 2.89. The first kappa shape index (κ1) is 21.4. The predicted octanol–water partition coefficient (Wildman–Crippen LogP) is 4.01. The Morgan fingerprint density at radius 3 is 2.60 bits per heavy atom. The number of halogens is 1. The summed E-state index contributed by atoms with van der Waals surface area (Å²) in [7, 11) is 0. The summed E-state index contributed by atoms with van der Waals surface area (Å²) < 4.78 is 11.6. The smallest absolute Gasteiger partial charge is 0.264 e. The molecule has 3 aliphatic rings. The van der Waals surface area contributed by atoms with Gasteiger partial charge in [-0.25, -0.2) is 0 Å². The van der Waals surface area contributed by atoms with E-state index in [0.29, 0.717) is 48.8 Å². The third-order valence-corrected chi connectivity index (χ3v) is 6.73. The standard InChI is InChI=1S/C23H31ClN2O4/c1-2-19-23(28)26(17-10-12-29-13-11-17)21(18-14-15(24)8-9-20(18)30-19)22(27)25-16-6-4-3-5-7-16/h8-9,14,16-17,19,21H,2-7,10-13H2,1H3,(H,25,27). The molecule has 2 aliphatic heterocycles. The van der Waals surface area contributed by atoms with Crippen molar-refractivity contribution in [2.24, 2.45) is 0 Å². The van der Waals surface area contributed by atoms with E-state index in [-0.39, 0.29) is 23.9 Å². The number of hydrogen-bond acceptors (Lipinski definition) is 4. The molecule has 2 heterocycles. The summed E-state index contributed by atoms with van der Waals surface area (Å²) in [5, 5.41) is 3.77. The van der Waals surface area contributed by atoms with E-state index in [0.717, 1.165) is 25.7 Å². The highest BCUT2D eigenvalue weighted by Gasteiger charge is 2.44. The topological polar surface area (TPSA) is 67.9 Å². The number of ether oxygens (including phenoxy) is 2. The molecule has 6 nitrogen and oxygen atoms in total. The molecule has 1 aliphatic carbocycles. The molecule has 0 bridgehead atoms. The van der Waals surface area contributed by atoms with Crippen LogP contribution in [0.2, 0.25) is 5.02 Å². The normalized spacial score (nSPS) is 25.9. The van der Waals surface area contributed by atoms with E-state index >= 15 is 0 Å². The number of amides is 2. The molecule has 2 amide bonds. The van der Waals surface area contributed by atoms with Crippen LogP contribution in [0.4, 0.5) is 0 Å². The Balaban J connectivity index is 1.74. The summed E-state index contributed by atoms with van der Waals surface area (Å²) in [6, 6.07) is 4.66. The monoisotopic (exact) mass is 434 g/mol.